The Labute approximate surface area is 43.9 Å². The van der Waals surface area contributed by atoms with Crippen LogP contribution in [0.3, 0.4) is 0 Å². The minimum absolute atomic E-state index is 0.483. The molecule has 0 aromatic heterocycles. The topological polar surface area (TPSA) is 12.0 Å². The van der Waals surface area contributed by atoms with E-state index in [-0.39, 0.29) is 0 Å². The van der Waals surface area contributed by atoms with Crippen molar-refractivity contribution >= 4 is 0 Å². The molecular formula is C5H12FN. The monoisotopic (exact) mass is 105 g/mol. The molecule has 0 aromatic rings. The average molecular weight is 105 g/mol. The summed E-state index contributed by atoms with van der Waals surface area (Å²) in [5, 5.41) is 2.87. The number of halogens is 1. The van der Waals surface area contributed by atoms with Crippen molar-refractivity contribution in [1.82, 2.24) is 5.32 Å². The summed E-state index contributed by atoms with van der Waals surface area (Å²) in [6, 6.07) is 0. The Kier molecular flexibility index (Phi) is 4.00. The van der Waals surface area contributed by atoms with E-state index >= 15 is 0 Å². The Bertz CT molecular complexity index is 37.1. The van der Waals surface area contributed by atoms with E-state index in [1.54, 1.807) is 6.92 Å². The van der Waals surface area contributed by atoms with Gasteiger partial charge in [-0.25, -0.2) is 4.39 Å². The lowest BCUT2D eigenvalue weighted by atomic mass is 10.4. The van der Waals surface area contributed by atoms with Crippen molar-refractivity contribution in [2.75, 3.05) is 13.1 Å². The molecule has 0 fully saturated rings. The Balaban J connectivity index is 2.68. The van der Waals surface area contributed by atoms with Gasteiger partial charge in [-0.05, 0) is 13.5 Å². The average Bonchev–Trinajstić information content (AvgIpc) is 1.61. The lowest BCUT2D eigenvalue weighted by molar-refractivity contribution is 0.347. The Morgan fingerprint density at radius 2 is 2.29 bits per heavy atom. The molecule has 0 bridgehead atoms. The second-order valence-corrected chi connectivity index (χ2v) is 1.59. The summed E-state index contributed by atoms with van der Waals surface area (Å²) >= 11 is 0. The molecule has 0 aliphatic heterocycles. The van der Waals surface area contributed by atoms with Crippen molar-refractivity contribution in [3.63, 3.8) is 0 Å². The summed E-state index contributed by atoms with van der Waals surface area (Å²) in [6.45, 7) is 4.84. The van der Waals surface area contributed by atoms with Gasteiger partial charge in [0.1, 0.15) is 6.17 Å². The molecule has 1 nitrogen and oxygen atoms in total. The highest BCUT2D eigenvalue weighted by Crippen LogP contribution is 1.81. The molecule has 1 atom stereocenters. The third-order valence-corrected chi connectivity index (χ3v) is 0.676. The first-order valence-corrected chi connectivity index (χ1v) is 2.62. The minimum atomic E-state index is -0.708. The van der Waals surface area contributed by atoms with Gasteiger partial charge in [-0.2, -0.15) is 0 Å². The van der Waals surface area contributed by atoms with Crippen molar-refractivity contribution < 1.29 is 4.39 Å². The van der Waals surface area contributed by atoms with Crippen LogP contribution in [0.2, 0.25) is 0 Å². The molecule has 44 valence electrons. The predicted octanol–water partition coefficient (Wildman–Crippen LogP) is 0.954. The van der Waals surface area contributed by atoms with E-state index in [1.807, 2.05) is 6.92 Å². The van der Waals surface area contributed by atoms with Crippen LogP contribution in [-0.2, 0) is 0 Å². The van der Waals surface area contributed by atoms with Gasteiger partial charge in [0, 0.05) is 6.54 Å². The summed E-state index contributed by atoms with van der Waals surface area (Å²) in [5.74, 6) is 0. The number of hydrogen-bond acceptors (Lipinski definition) is 1. The van der Waals surface area contributed by atoms with Crippen LogP contribution >= 0.6 is 0 Å². The molecule has 0 radical (unpaired) electrons. The quantitative estimate of drug-likeness (QED) is 0.563. The zero-order chi connectivity index (χ0) is 5.70. The highest BCUT2D eigenvalue weighted by molar-refractivity contribution is 4.48. The zero-order valence-corrected chi connectivity index (χ0v) is 4.87. The third kappa shape index (κ3) is 5.89. The van der Waals surface area contributed by atoms with E-state index in [0.717, 1.165) is 6.54 Å². The lowest BCUT2D eigenvalue weighted by Gasteiger charge is -1.98. The van der Waals surface area contributed by atoms with Gasteiger partial charge in [0.05, 0.1) is 0 Å². The van der Waals surface area contributed by atoms with Crippen LogP contribution in [0, 0.1) is 0 Å². The molecule has 0 spiro atoms. The standard InChI is InChI=1S/C5H12FN/c1-3-7-4-5(2)6/h5,7H,3-4H2,1-2H3. The van der Waals surface area contributed by atoms with Crippen LogP contribution in [0.4, 0.5) is 4.39 Å². The summed E-state index contributed by atoms with van der Waals surface area (Å²) in [7, 11) is 0. The van der Waals surface area contributed by atoms with Gasteiger partial charge in [0.15, 0.2) is 0 Å². The smallest absolute Gasteiger partial charge is 0.110 e. The van der Waals surface area contributed by atoms with Crippen molar-refractivity contribution in [2.24, 2.45) is 0 Å². The van der Waals surface area contributed by atoms with Gasteiger partial charge in [0.2, 0.25) is 0 Å². The van der Waals surface area contributed by atoms with Crippen LogP contribution < -0.4 is 5.32 Å². The maximum Gasteiger partial charge on any atom is 0.110 e. The molecule has 1 N–H and O–H groups in total. The molecule has 2 heteroatoms. The maximum absolute atomic E-state index is 11.8. The first-order chi connectivity index (χ1) is 3.27. The molecule has 0 aliphatic rings. The molecule has 0 amide bonds. The van der Waals surface area contributed by atoms with Crippen LogP contribution in [0.15, 0.2) is 0 Å². The van der Waals surface area contributed by atoms with Crippen LogP contribution in [0.5, 0.6) is 0 Å². The molecule has 1 unspecified atom stereocenters. The highest BCUT2D eigenvalue weighted by Gasteiger charge is 1.91. The fraction of sp³-hybridized carbons (Fsp3) is 1.00. The molecule has 0 saturated heterocycles. The SMILES string of the molecule is CCNCC(C)F. The predicted molar refractivity (Wildman–Crippen MR) is 29.1 cm³/mol. The van der Waals surface area contributed by atoms with E-state index in [0.29, 0.717) is 6.54 Å². The van der Waals surface area contributed by atoms with Crippen LogP contribution in [0.25, 0.3) is 0 Å². The number of alkyl halides is 1. The minimum Gasteiger partial charge on any atom is -0.314 e. The van der Waals surface area contributed by atoms with Gasteiger partial charge in [-0.15, -0.1) is 0 Å². The summed E-state index contributed by atoms with van der Waals surface area (Å²) < 4.78 is 11.8. The first-order valence-electron chi connectivity index (χ1n) is 2.62. The fourth-order valence-corrected chi connectivity index (χ4v) is 0.343. The van der Waals surface area contributed by atoms with E-state index in [4.69, 9.17) is 0 Å². The second-order valence-electron chi connectivity index (χ2n) is 1.59. The molecule has 0 rings (SSSR count). The summed E-state index contributed by atoms with van der Waals surface area (Å²) in [4.78, 5) is 0. The Hall–Kier alpha value is -0.110. The van der Waals surface area contributed by atoms with Crippen LogP contribution in [-0.4, -0.2) is 19.3 Å². The summed E-state index contributed by atoms with van der Waals surface area (Å²) in [6.07, 6.45) is -0.708. The van der Waals surface area contributed by atoms with Gasteiger partial charge < -0.3 is 5.32 Å². The summed E-state index contributed by atoms with van der Waals surface area (Å²) in [5.41, 5.74) is 0. The van der Waals surface area contributed by atoms with E-state index in [2.05, 4.69) is 5.32 Å². The number of nitrogens with one attached hydrogen (secondary N) is 1. The van der Waals surface area contributed by atoms with E-state index < -0.39 is 6.17 Å². The van der Waals surface area contributed by atoms with Crippen molar-refractivity contribution in [3.05, 3.63) is 0 Å². The van der Waals surface area contributed by atoms with E-state index in [1.165, 1.54) is 0 Å². The van der Waals surface area contributed by atoms with Gasteiger partial charge in [0.25, 0.3) is 0 Å². The normalized spacial score (nSPS) is 14.1. The molecule has 7 heavy (non-hydrogen) atoms. The van der Waals surface area contributed by atoms with Crippen molar-refractivity contribution in [1.29, 1.82) is 0 Å². The van der Waals surface area contributed by atoms with Crippen molar-refractivity contribution in [2.45, 2.75) is 20.0 Å². The van der Waals surface area contributed by atoms with Gasteiger partial charge >= 0.3 is 0 Å². The first kappa shape index (κ1) is 6.89. The number of hydrogen-bond donors (Lipinski definition) is 1. The zero-order valence-electron chi connectivity index (χ0n) is 4.87. The molecule has 0 aromatic carbocycles. The third-order valence-electron chi connectivity index (χ3n) is 0.676. The Morgan fingerprint density at radius 1 is 1.71 bits per heavy atom. The van der Waals surface area contributed by atoms with Crippen LogP contribution in [0.1, 0.15) is 13.8 Å². The van der Waals surface area contributed by atoms with Gasteiger partial charge in [-0.1, -0.05) is 6.92 Å². The highest BCUT2D eigenvalue weighted by atomic mass is 19.1. The lowest BCUT2D eigenvalue weighted by Crippen LogP contribution is -2.20. The van der Waals surface area contributed by atoms with Gasteiger partial charge in [-0.3, -0.25) is 0 Å². The molecular weight excluding hydrogens is 93.1 g/mol. The molecule has 0 saturated carbocycles. The fourth-order valence-electron chi connectivity index (χ4n) is 0.343. The number of rotatable bonds is 3. The molecule has 0 heterocycles. The molecule has 0 aliphatic carbocycles. The second kappa shape index (κ2) is 4.06. The van der Waals surface area contributed by atoms with E-state index in [9.17, 15) is 4.39 Å². The Morgan fingerprint density at radius 3 is 2.43 bits per heavy atom. The van der Waals surface area contributed by atoms with Crippen molar-refractivity contribution in [3.8, 4) is 0 Å². The maximum atomic E-state index is 11.8. The largest absolute Gasteiger partial charge is 0.314 e.